The van der Waals surface area contributed by atoms with Gasteiger partial charge in [-0.3, -0.25) is 9.59 Å². The monoisotopic (exact) mass is 430 g/mol. The molecule has 0 bridgehead atoms. The van der Waals surface area contributed by atoms with Crippen LogP contribution >= 0.6 is 0 Å². The lowest BCUT2D eigenvalue weighted by atomic mass is 9.70. The summed E-state index contributed by atoms with van der Waals surface area (Å²) < 4.78 is 12.1. The van der Waals surface area contributed by atoms with Gasteiger partial charge in [0, 0.05) is 11.1 Å². The van der Waals surface area contributed by atoms with E-state index in [1.807, 2.05) is 19.1 Å². The third-order valence-electron chi connectivity index (χ3n) is 6.04. The fourth-order valence-electron chi connectivity index (χ4n) is 4.32. The minimum absolute atomic E-state index is 0.191. The van der Waals surface area contributed by atoms with Crippen molar-refractivity contribution < 1.29 is 28.9 Å². The van der Waals surface area contributed by atoms with Crippen molar-refractivity contribution in [2.24, 2.45) is 5.92 Å². The molecule has 32 heavy (non-hydrogen) atoms. The van der Waals surface area contributed by atoms with E-state index >= 15 is 0 Å². The minimum atomic E-state index is -1.33. The van der Waals surface area contributed by atoms with Gasteiger partial charge in [0.05, 0.1) is 12.2 Å². The number of allylic oxidation sites excluding steroid dienone is 3. The van der Waals surface area contributed by atoms with E-state index in [0.29, 0.717) is 29.3 Å². The molecule has 0 saturated carbocycles. The third kappa shape index (κ3) is 4.54. The number of carbonyl (C=O) groups excluding carboxylic acids is 2. The Bertz CT molecular complexity index is 1040. The molecule has 0 spiro atoms. The topological polar surface area (TPSA) is 93.1 Å². The highest BCUT2D eigenvalue weighted by Crippen LogP contribution is 2.38. The average molecular weight is 430 g/mol. The molecule has 2 aliphatic rings. The fraction of sp³-hybridized carbons (Fsp3) is 0.250. The van der Waals surface area contributed by atoms with Crippen LogP contribution in [0.5, 0.6) is 0 Å². The first-order valence-corrected chi connectivity index (χ1v) is 10.8. The number of ketones is 2. The Labute approximate surface area is 187 Å². The van der Waals surface area contributed by atoms with Gasteiger partial charge in [-0.05, 0) is 35.4 Å². The molecule has 8 heteroatoms. The molecule has 2 aromatic carbocycles. The van der Waals surface area contributed by atoms with Gasteiger partial charge < -0.3 is 19.4 Å². The quantitative estimate of drug-likeness (QED) is 0.503. The second-order valence-electron chi connectivity index (χ2n) is 8.01. The molecule has 0 heterocycles. The van der Waals surface area contributed by atoms with Gasteiger partial charge in [-0.2, -0.15) is 0 Å². The van der Waals surface area contributed by atoms with E-state index in [4.69, 9.17) is 9.31 Å². The summed E-state index contributed by atoms with van der Waals surface area (Å²) in [4.78, 5) is 25.4. The van der Waals surface area contributed by atoms with Crippen molar-refractivity contribution in [3.05, 3.63) is 84.0 Å². The molecule has 0 aliphatic heterocycles. The summed E-state index contributed by atoms with van der Waals surface area (Å²) in [5, 5.41) is 21.5. The predicted molar refractivity (Wildman–Crippen MR) is 122 cm³/mol. The van der Waals surface area contributed by atoms with Crippen molar-refractivity contribution in [1.29, 1.82) is 0 Å². The van der Waals surface area contributed by atoms with Gasteiger partial charge in [0.15, 0.2) is 11.6 Å². The van der Waals surface area contributed by atoms with Crippen LogP contribution in [0.15, 0.2) is 84.0 Å². The Morgan fingerprint density at radius 1 is 0.844 bits per heavy atom. The Kier molecular flexibility index (Phi) is 6.86. The lowest BCUT2D eigenvalue weighted by Gasteiger charge is -2.41. The second kappa shape index (κ2) is 9.79. The van der Waals surface area contributed by atoms with Gasteiger partial charge in [-0.25, -0.2) is 0 Å². The van der Waals surface area contributed by atoms with Crippen LogP contribution in [0.3, 0.4) is 0 Å². The van der Waals surface area contributed by atoms with Crippen molar-refractivity contribution in [2.45, 2.75) is 32.0 Å². The van der Waals surface area contributed by atoms with Crippen molar-refractivity contribution in [2.75, 3.05) is 0 Å². The van der Waals surface area contributed by atoms with Crippen LogP contribution in [0, 0.1) is 5.92 Å². The highest BCUT2D eigenvalue weighted by Gasteiger charge is 2.46. The van der Waals surface area contributed by atoms with Crippen LogP contribution in [0.4, 0.5) is 0 Å². The van der Waals surface area contributed by atoms with Crippen LogP contribution in [0.25, 0.3) is 0 Å². The summed E-state index contributed by atoms with van der Waals surface area (Å²) in [6.07, 6.45) is 1.72. The SMILES string of the molecule is CCC1CC2=C(C(=O)C=CC2=O)[C@H](OB(O)c2ccccc2)C1OB(O)c1ccccc1. The molecule has 6 nitrogen and oxygen atoms in total. The van der Waals surface area contributed by atoms with E-state index in [0.717, 1.165) is 0 Å². The molecule has 0 saturated heterocycles. The molecule has 2 aliphatic carbocycles. The number of carbonyl (C=O) groups is 2. The molecule has 0 aromatic heterocycles. The van der Waals surface area contributed by atoms with Crippen LogP contribution in [0.2, 0.25) is 0 Å². The van der Waals surface area contributed by atoms with E-state index in [2.05, 4.69) is 0 Å². The van der Waals surface area contributed by atoms with Gasteiger partial charge >= 0.3 is 14.2 Å². The second-order valence-corrected chi connectivity index (χ2v) is 8.01. The van der Waals surface area contributed by atoms with Gasteiger partial charge in [-0.1, -0.05) is 74.0 Å². The molecule has 162 valence electrons. The molecular weight excluding hydrogens is 406 g/mol. The van der Waals surface area contributed by atoms with Crippen LogP contribution < -0.4 is 10.9 Å². The summed E-state index contributed by atoms with van der Waals surface area (Å²) in [5.41, 5.74) is 1.67. The standard InChI is InChI=1S/C24H24B2O6/c1-2-16-15-19-20(27)13-14-21(28)22(19)24(32-26(30)18-11-7-4-8-12-18)23(16)31-25(29)17-9-5-3-6-10-17/h3-14,16,23-24,29-30H,2,15H2,1H3/t16?,23?,24-/m0/s1. The lowest BCUT2D eigenvalue weighted by Crippen LogP contribution is -2.53. The molecule has 4 rings (SSSR count). The zero-order valence-corrected chi connectivity index (χ0v) is 17.8. The molecule has 0 fully saturated rings. The van der Waals surface area contributed by atoms with Crippen molar-refractivity contribution in [3.8, 4) is 0 Å². The van der Waals surface area contributed by atoms with Crippen molar-refractivity contribution >= 4 is 36.7 Å². The fourth-order valence-corrected chi connectivity index (χ4v) is 4.32. The average Bonchev–Trinajstić information content (AvgIpc) is 2.83. The van der Waals surface area contributed by atoms with Gasteiger partial charge in [-0.15, -0.1) is 0 Å². The van der Waals surface area contributed by atoms with Crippen LogP contribution in [-0.4, -0.2) is 48.1 Å². The third-order valence-corrected chi connectivity index (χ3v) is 6.04. The maximum Gasteiger partial charge on any atom is 0.491 e. The lowest BCUT2D eigenvalue weighted by molar-refractivity contribution is -0.118. The Balaban J connectivity index is 1.71. The highest BCUT2D eigenvalue weighted by atomic mass is 16.6. The maximum absolute atomic E-state index is 12.8. The molecule has 2 unspecified atom stereocenters. The van der Waals surface area contributed by atoms with E-state index in [9.17, 15) is 19.6 Å². The van der Waals surface area contributed by atoms with Crippen molar-refractivity contribution in [3.63, 3.8) is 0 Å². The van der Waals surface area contributed by atoms with Gasteiger partial charge in [0.25, 0.3) is 0 Å². The molecule has 3 atom stereocenters. The molecular formula is C24H24B2O6. The first-order chi connectivity index (χ1) is 15.5. The minimum Gasteiger partial charge on any atom is -0.423 e. The summed E-state index contributed by atoms with van der Waals surface area (Å²) in [6.45, 7) is 1.96. The maximum atomic E-state index is 12.8. The first-order valence-electron chi connectivity index (χ1n) is 10.8. The Hall–Kier alpha value is -2.77. The smallest absolute Gasteiger partial charge is 0.423 e. The Morgan fingerprint density at radius 3 is 1.94 bits per heavy atom. The molecule has 2 aromatic rings. The van der Waals surface area contributed by atoms with E-state index in [-0.39, 0.29) is 23.1 Å². The number of hydrogen-bond acceptors (Lipinski definition) is 6. The summed E-state index contributed by atoms with van der Waals surface area (Å²) >= 11 is 0. The summed E-state index contributed by atoms with van der Waals surface area (Å²) in [6, 6.07) is 17.7. The normalized spacial score (nSPS) is 22.7. The number of rotatable bonds is 7. The summed E-state index contributed by atoms with van der Waals surface area (Å²) in [7, 11) is -2.58. The Morgan fingerprint density at radius 2 is 1.38 bits per heavy atom. The molecule has 0 radical (unpaired) electrons. The zero-order valence-electron chi connectivity index (χ0n) is 17.8. The zero-order chi connectivity index (χ0) is 22.7. The van der Waals surface area contributed by atoms with Gasteiger partial charge in [0.2, 0.25) is 0 Å². The molecule has 2 N–H and O–H groups in total. The first kappa shape index (κ1) is 22.4. The van der Waals surface area contributed by atoms with Crippen LogP contribution in [0.1, 0.15) is 19.8 Å². The summed E-state index contributed by atoms with van der Waals surface area (Å²) in [5.74, 6) is -0.770. The largest absolute Gasteiger partial charge is 0.491 e. The number of hydrogen-bond donors (Lipinski definition) is 2. The molecule has 0 amide bonds. The van der Waals surface area contributed by atoms with Crippen LogP contribution in [-0.2, 0) is 18.9 Å². The highest BCUT2D eigenvalue weighted by molar-refractivity contribution is 6.60. The van der Waals surface area contributed by atoms with Crippen molar-refractivity contribution in [1.82, 2.24) is 0 Å². The predicted octanol–water partition coefficient (Wildman–Crippen LogP) is 0.967. The van der Waals surface area contributed by atoms with E-state index in [1.54, 1.807) is 48.5 Å². The van der Waals surface area contributed by atoms with E-state index in [1.165, 1.54) is 12.2 Å². The van der Waals surface area contributed by atoms with Gasteiger partial charge in [0.1, 0.15) is 0 Å². The number of benzene rings is 2. The van der Waals surface area contributed by atoms with E-state index < -0.39 is 26.4 Å².